The Morgan fingerprint density at radius 2 is 1.92 bits per heavy atom. The molecule has 0 heterocycles. The largest absolute Gasteiger partial charge is 0.478 e. The minimum absolute atomic E-state index is 0.217. The monoisotopic (exact) mass is 357 g/mol. The van der Waals surface area contributed by atoms with Crippen molar-refractivity contribution >= 4 is 29.3 Å². The summed E-state index contributed by atoms with van der Waals surface area (Å²) in [5, 5.41) is 12.8. The Kier molecular flexibility index (Phi) is 7.55. The lowest BCUT2D eigenvalue weighted by Crippen LogP contribution is -2.06. The fourth-order valence-corrected chi connectivity index (χ4v) is 2.76. The van der Waals surface area contributed by atoms with E-state index in [1.165, 1.54) is 30.9 Å². The van der Waals surface area contributed by atoms with Crippen LogP contribution in [0.3, 0.4) is 0 Å². The normalized spacial score (nSPS) is 11.0. The average Bonchev–Trinajstić information content (AvgIpc) is 2.60. The molecule has 0 spiro atoms. The van der Waals surface area contributed by atoms with Crippen LogP contribution in [-0.4, -0.2) is 17.6 Å². The molecule has 0 saturated carbocycles. The topological polar surface area (TPSA) is 49.3 Å². The maximum absolute atomic E-state index is 11.2. The molecule has 2 rings (SSSR count). The van der Waals surface area contributed by atoms with Gasteiger partial charge in [0.1, 0.15) is 0 Å². The highest BCUT2D eigenvalue weighted by molar-refractivity contribution is 6.31. The number of nitrogens with one attached hydrogen (secondary N) is 1. The number of carboxylic acids is 1. The molecular weight excluding hydrogens is 334 g/mol. The van der Waals surface area contributed by atoms with Gasteiger partial charge in [-0.15, -0.1) is 0 Å². The average molecular weight is 358 g/mol. The molecule has 0 amide bonds. The maximum Gasteiger partial charge on any atom is 0.337 e. The van der Waals surface area contributed by atoms with E-state index in [0.717, 1.165) is 12.0 Å². The lowest BCUT2D eigenvalue weighted by Gasteiger charge is -2.08. The molecule has 2 N–H and O–H groups in total. The van der Waals surface area contributed by atoms with Gasteiger partial charge in [0.15, 0.2) is 0 Å². The van der Waals surface area contributed by atoms with Gasteiger partial charge in [-0.3, -0.25) is 0 Å². The molecule has 0 radical (unpaired) electrons. The number of benzene rings is 2. The summed E-state index contributed by atoms with van der Waals surface area (Å²) in [7, 11) is 0. The van der Waals surface area contributed by atoms with Crippen LogP contribution in [0.5, 0.6) is 0 Å². The molecule has 0 aliphatic carbocycles. The quantitative estimate of drug-likeness (QED) is 0.549. The van der Waals surface area contributed by atoms with E-state index < -0.39 is 5.97 Å². The molecule has 132 valence electrons. The van der Waals surface area contributed by atoms with Crippen LogP contribution in [-0.2, 0) is 6.42 Å². The second-order valence-electron chi connectivity index (χ2n) is 5.98. The molecule has 0 unspecified atom stereocenters. The first-order valence-electron chi connectivity index (χ1n) is 8.62. The van der Waals surface area contributed by atoms with Crippen LogP contribution in [0.15, 0.2) is 48.5 Å². The van der Waals surface area contributed by atoms with Crippen molar-refractivity contribution in [2.45, 2.75) is 32.6 Å². The van der Waals surface area contributed by atoms with Crippen molar-refractivity contribution in [2.24, 2.45) is 0 Å². The second kappa shape index (κ2) is 9.90. The standard InChI is InChI=1S/C21H24ClNO2/c1-2-3-4-6-16-8-10-17(11-9-16)7-5-14-23-20-15-18(22)12-13-19(20)21(24)25/h5,7-13,15,23H,2-4,6,14H2,1H3,(H,24,25)/b7-5+. The predicted molar refractivity (Wildman–Crippen MR) is 106 cm³/mol. The van der Waals surface area contributed by atoms with Crippen LogP contribution in [0.2, 0.25) is 5.02 Å². The van der Waals surface area contributed by atoms with Gasteiger partial charge in [0.25, 0.3) is 0 Å². The van der Waals surface area contributed by atoms with Gasteiger partial charge < -0.3 is 10.4 Å². The lowest BCUT2D eigenvalue weighted by atomic mass is 10.1. The molecule has 0 aliphatic heterocycles. The summed E-state index contributed by atoms with van der Waals surface area (Å²) in [5.74, 6) is -0.971. The Hall–Kier alpha value is -2.26. The summed E-state index contributed by atoms with van der Waals surface area (Å²) in [5.41, 5.74) is 3.24. The van der Waals surface area contributed by atoms with E-state index in [0.29, 0.717) is 17.3 Å². The number of aryl methyl sites for hydroxylation is 1. The Labute approximate surface area is 154 Å². The zero-order valence-corrected chi connectivity index (χ0v) is 15.2. The van der Waals surface area contributed by atoms with Gasteiger partial charge in [-0.1, -0.05) is 67.8 Å². The van der Waals surface area contributed by atoms with Crippen LogP contribution in [0, 0.1) is 0 Å². The number of anilines is 1. The molecule has 0 atom stereocenters. The van der Waals surface area contributed by atoms with Crippen molar-refractivity contribution < 1.29 is 9.90 Å². The highest BCUT2D eigenvalue weighted by atomic mass is 35.5. The molecular formula is C21H24ClNO2. The number of hydrogen-bond donors (Lipinski definition) is 2. The lowest BCUT2D eigenvalue weighted by molar-refractivity contribution is 0.0698. The molecule has 3 nitrogen and oxygen atoms in total. The van der Waals surface area contributed by atoms with Crippen molar-refractivity contribution in [3.63, 3.8) is 0 Å². The molecule has 2 aromatic carbocycles. The first kappa shape index (κ1) is 19.1. The molecule has 0 fully saturated rings. The minimum Gasteiger partial charge on any atom is -0.478 e. The zero-order chi connectivity index (χ0) is 18.1. The SMILES string of the molecule is CCCCCc1ccc(/C=C/CNc2cc(Cl)ccc2C(=O)O)cc1. The molecule has 0 bridgehead atoms. The van der Waals surface area contributed by atoms with Crippen LogP contribution in [0.1, 0.15) is 47.7 Å². The van der Waals surface area contributed by atoms with Gasteiger partial charge in [-0.2, -0.15) is 0 Å². The number of hydrogen-bond acceptors (Lipinski definition) is 2. The number of unbranched alkanes of at least 4 members (excludes halogenated alkanes) is 2. The van der Waals surface area contributed by atoms with E-state index in [1.807, 2.05) is 12.2 Å². The fourth-order valence-electron chi connectivity index (χ4n) is 2.59. The van der Waals surface area contributed by atoms with Gasteiger partial charge in [-0.05, 0) is 42.2 Å². The first-order chi connectivity index (χ1) is 12.1. The molecule has 0 saturated heterocycles. The Balaban J connectivity index is 1.89. The number of rotatable bonds is 9. The van der Waals surface area contributed by atoms with Crippen LogP contribution >= 0.6 is 11.6 Å². The summed E-state index contributed by atoms with van der Waals surface area (Å²) in [6, 6.07) is 13.3. The van der Waals surface area contributed by atoms with Gasteiger partial charge in [0, 0.05) is 11.6 Å². The fraction of sp³-hybridized carbons (Fsp3) is 0.286. The third kappa shape index (κ3) is 6.28. The van der Waals surface area contributed by atoms with Gasteiger partial charge >= 0.3 is 5.97 Å². The van der Waals surface area contributed by atoms with Crippen molar-refractivity contribution in [3.05, 3.63) is 70.3 Å². The van der Waals surface area contributed by atoms with E-state index in [2.05, 4.69) is 36.5 Å². The highest BCUT2D eigenvalue weighted by Gasteiger charge is 2.09. The van der Waals surface area contributed by atoms with Crippen molar-refractivity contribution in [2.75, 3.05) is 11.9 Å². The molecule has 4 heteroatoms. The van der Waals surface area contributed by atoms with Gasteiger partial charge in [-0.25, -0.2) is 4.79 Å². The van der Waals surface area contributed by atoms with Gasteiger partial charge in [0.05, 0.1) is 11.3 Å². The van der Waals surface area contributed by atoms with Crippen molar-refractivity contribution in [3.8, 4) is 0 Å². The van der Waals surface area contributed by atoms with Crippen LogP contribution in [0.4, 0.5) is 5.69 Å². The molecule has 0 aromatic heterocycles. The predicted octanol–water partition coefficient (Wildman–Crippen LogP) is 5.90. The summed E-state index contributed by atoms with van der Waals surface area (Å²) in [6.07, 6.45) is 8.87. The summed E-state index contributed by atoms with van der Waals surface area (Å²) < 4.78 is 0. The highest BCUT2D eigenvalue weighted by Crippen LogP contribution is 2.21. The summed E-state index contributed by atoms with van der Waals surface area (Å²) in [4.78, 5) is 11.2. The third-order valence-electron chi connectivity index (χ3n) is 3.98. The van der Waals surface area contributed by atoms with E-state index in [-0.39, 0.29) is 5.56 Å². The number of aromatic carboxylic acids is 1. The Bertz CT molecular complexity index is 723. The number of halogens is 1. The number of carboxylic acid groups (broad SMARTS) is 1. The second-order valence-corrected chi connectivity index (χ2v) is 6.41. The van der Waals surface area contributed by atoms with Crippen LogP contribution < -0.4 is 5.32 Å². The van der Waals surface area contributed by atoms with Crippen molar-refractivity contribution in [1.29, 1.82) is 0 Å². The van der Waals surface area contributed by atoms with E-state index in [1.54, 1.807) is 12.1 Å². The third-order valence-corrected chi connectivity index (χ3v) is 4.22. The molecule has 0 aliphatic rings. The zero-order valence-electron chi connectivity index (χ0n) is 14.5. The Morgan fingerprint density at radius 3 is 2.60 bits per heavy atom. The summed E-state index contributed by atoms with van der Waals surface area (Å²) >= 11 is 5.94. The van der Waals surface area contributed by atoms with E-state index in [9.17, 15) is 9.90 Å². The van der Waals surface area contributed by atoms with Crippen LogP contribution in [0.25, 0.3) is 6.08 Å². The minimum atomic E-state index is -0.971. The van der Waals surface area contributed by atoms with E-state index in [4.69, 9.17) is 11.6 Å². The smallest absolute Gasteiger partial charge is 0.337 e. The Morgan fingerprint density at radius 1 is 1.16 bits per heavy atom. The van der Waals surface area contributed by atoms with E-state index >= 15 is 0 Å². The van der Waals surface area contributed by atoms with Gasteiger partial charge in [0.2, 0.25) is 0 Å². The summed E-state index contributed by atoms with van der Waals surface area (Å²) in [6.45, 7) is 2.74. The van der Waals surface area contributed by atoms with Crippen molar-refractivity contribution in [1.82, 2.24) is 0 Å². The maximum atomic E-state index is 11.2. The molecule has 25 heavy (non-hydrogen) atoms. The number of carbonyl (C=O) groups is 1. The first-order valence-corrected chi connectivity index (χ1v) is 9.00. The molecule has 2 aromatic rings.